The van der Waals surface area contributed by atoms with Crippen molar-refractivity contribution in [2.45, 2.75) is 17.9 Å². The van der Waals surface area contributed by atoms with Gasteiger partial charge in [-0.25, -0.2) is 13.1 Å². The van der Waals surface area contributed by atoms with Crippen LogP contribution in [0.2, 0.25) is 15.1 Å². The molecule has 5 nitrogen and oxygen atoms in total. The first-order valence-corrected chi connectivity index (χ1v) is 8.63. The molecular formula is C12H12Cl3N3O2S. The highest BCUT2D eigenvalue weighted by Crippen LogP contribution is 2.31. The van der Waals surface area contributed by atoms with Gasteiger partial charge in [0.1, 0.15) is 4.90 Å². The lowest BCUT2D eigenvalue weighted by Gasteiger charge is -2.09. The zero-order chi connectivity index (χ0) is 15.5. The molecule has 0 aliphatic rings. The first-order chi connectivity index (χ1) is 9.90. The monoisotopic (exact) mass is 367 g/mol. The van der Waals surface area contributed by atoms with Gasteiger partial charge in [0.05, 0.1) is 15.1 Å². The van der Waals surface area contributed by atoms with E-state index in [1.165, 1.54) is 12.1 Å². The first-order valence-electron chi connectivity index (χ1n) is 6.02. The van der Waals surface area contributed by atoms with Gasteiger partial charge in [0.25, 0.3) is 0 Å². The van der Waals surface area contributed by atoms with E-state index >= 15 is 0 Å². The Labute approximate surface area is 137 Å². The van der Waals surface area contributed by atoms with Crippen molar-refractivity contribution in [1.82, 2.24) is 14.5 Å². The van der Waals surface area contributed by atoms with Crippen LogP contribution in [0.5, 0.6) is 0 Å². The largest absolute Gasteiger partial charge is 0.273 e. The van der Waals surface area contributed by atoms with Gasteiger partial charge in [0.2, 0.25) is 10.0 Å². The van der Waals surface area contributed by atoms with E-state index in [9.17, 15) is 8.42 Å². The number of benzene rings is 1. The Balaban J connectivity index is 2.00. The van der Waals surface area contributed by atoms with Gasteiger partial charge in [-0.15, -0.1) is 0 Å². The third kappa shape index (κ3) is 4.34. The third-order valence-corrected chi connectivity index (χ3v) is 5.33. The van der Waals surface area contributed by atoms with Crippen molar-refractivity contribution in [3.63, 3.8) is 0 Å². The van der Waals surface area contributed by atoms with Crippen LogP contribution < -0.4 is 4.72 Å². The maximum atomic E-state index is 12.2. The van der Waals surface area contributed by atoms with E-state index in [1.807, 2.05) is 6.20 Å². The summed E-state index contributed by atoms with van der Waals surface area (Å²) in [6.45, 7) is 0.878. The van der Waals surface area contributed by atoms with Gasteiger partial charge in [0, 0.05) is 25.5 Å². The number of sulfonamides is 1. The minimum atomic E-state index is -3.73. The molecule has 1 aromatic carbocycles. The highest BCUT2D eigenvalue weighted by molar-refractivity contribution is 7.89. The average molecular weight is 369 g/mol. The molecule has 0 aliphatic carbocycles. The van der Waals surface area contributed by atoms with Gasteiger partial charge in [-0.3, -0.25) is 4.68 Å². The fraction of sp³-hybridized carbons (Fsp3) is 0.250. The zero-order valence-electron chi connectivity index (χ0n) is 10.8. The number of nitrogens with one attached hydrogen (secondary N) is 1. The number of aromatic nitrogens is 2. The van der Waals surface area contributed by atoms with E-state index in [4.69, 9.17) is 34.8 Å². The normalized spacial score (nSPS) is 11.8. The number of hydrogen-bond acceptors (Lipinski definition) is 3. The molecule has 0 spiro atoms. The van der Waals surface area contributed by atoms with Crippen molar-refractivity contribution in [3.8, 4) is 0 Å². The van der Waals surface area contributed by atoms with Gasteiger partial charge in [-0.05, 0) is 24.6 Å². The summed E-state index contributed by atoms with van der Waals surface area (Å²) in [5.74, 6) is 0. The molecule has 0 atom stereocenters. The summed E-state index contributed by atoms with van der Waals surface area (Å²) in [4.78, 5) is -0.0855. The molecule has 9 heteroatoms. The quantitative estimate of drug-likeness (QED) is 0.629. The molecule has 0 aliphatic heterocycles. The Morgan fingerprint density at radius 1 is 1.14 bits per heavy atom. The standard InChI is InChI=1S/C12H12Cl3N3O2S/c13-9-7-11(15)12(8-10(9)14)21(19,20)17-4-2-6-18-5-1-3-16-18/h1,3,5,7-8,17H,2,4,6H2. The number of nitrogens with zero attached hydrogens (tertiary/aromatic N) is 2. The topological polar surface area (TPSA) is 64.0 Å². The Kier molecular flexibility index (Phi) is 5.51. The summed E-state index contributed by atoms with van der Waals surface area (Å²) in [6, 6.07) is 4.35. The molecule has 1 aromatic heterocycles. The molecule has 21 heavy (non-hydrogen) atoms. The predicted molar refractivity (Wildman–Crippen MR) is 83.5 cm³/mol. The molecule has 0 unspecified atom stereocenters. The minimum absolute atomic E-state index is 0.0315. The molecule has 2 aromatic rings. The number of halogens is 3. The third-order valence-electron chi connectivity index (χ3n) is 2.68. The van der Waals surface area contributed by atoms with Crippen LogP contribution >= 0.6 is 34.8 Å². The summed E-state index contributed by atoms with van der Waals surface area (Å²) in [5, 5.41) is 4.41. The Morgan fingerprint density at radius 2 is 1.86 bits per heavy atom. The van der Waals surface area contributed by atoms with Crippen LogP contribution in [0.15, 0.2) is 35.5 Å². The molecule has 2 rings (SSSR count). The number of rotatable bonds is 6. The molecule has 1 heterocycles. The number of hydrogen-bond donors (Lipinski definition) is 1. The van der Waals surface area contributed by atoms with Crippen LogP contribution in [0, 0.1) is 0 Å². The van der Waals surface area contributed by atoms with Gasteiger partial charge in [-0.1, -0.05) is 34.8 Å². The van der Waals surface area contributed by atoms with Crippen LogP contribution in [0.1, 0.15) is 6.42 Å². The minimum Gasteiger partial charge on any atom is -0.273 e. The summed E-state index contributed by atoms with van der Waals surface area (Å²) >= 11 is 17.5. The van der Waals surface area contributed by atoms with Gasteiger partial charge in [-0.2, -0.15) is 5.10 Å². The first kappa shape index (κ1) is 16.6. The smallest absolute Gasteiger partial charge is 0.242 e. The molecule has 1 N–H and O–H groups in total. The van der Waals surface area contributed by atoms with E-state index in [0.29, 0.717) is 13.0 Å². The summed E-state index contributed by atoms with van der Waals surface area (Å²) in [6.07, 6.45) is 4.07. The van der Waals surface area contributed by atoms with Gasteiger partial charge in [0.15, 0.2) is 0 Å². The van der Waals surface area contributed by atoms with Crippen molar-refractivity contribution in [1.29, 1.82) is 0 Å². The molecule has 0 radical (unpaired) electrons. The van der Waals surface area contributed by atoms with Crippen LogP contribution in [0.4, 0.5) is 0 Å². The van der Waals surface area contributed by atoms with E-state index in [-0.39, 0.29) is 26.5 Å². The molecule has 0 saturated heterocycles. The van der Waals surface area contributed by atoms with Gasteiger partial charge >= 0.3 is 0 Å². The SMILES string of the molecule is O=S(=O)(NCCCn1cccn1)c1cc(Cl)c(Cl)cc1Cl. The van der Waals surface area contributed by atoms with Crippen LogP contribution in [-0.2, 0) is 16.6 Å². The lowest BCUT2D eigenvalue weighted by Crippen LogP contribution is -2.26. The Morgan fingerprint density at radius 3 is 2.52 bits per heavy atom. The zero-order valence-corrected chi connectivity index (χ0v) is 13.8. The van der Waals surface area contributed by atoms with Crippen LogP contribution in [-0.4, -0.2) is 24.7 Å². The second-order valence-electron chi connectivity index (χ2n) is 4.22. The van der Waals surface area contributed by atoms with Crippen molar-refractivity contribution in [2.24, 2.45) is 0 Å². The molecular weight excluding hydrogens is 357 g/mol. The summed E-state index contributed by atoms with van der Waals surface area (Å²) < 4.78 is 28.5. The van der Waals surface area contributed by atoms with Crippen LogP contribution in [0.3, 0.4) is 0 Å². The Hall–Kier alpha value is -0.790. The molecule has 0 saturated carbocycles. The maximum Gasteiger partial charge on any atom is 0.242 e. The van der Waals surface area contributed by atoms with Crippen molar-refractivity contribution in [2.75, 3.05) is 6.54 Å². The highest BCUT2D eigenvalue weighted by Gasteiger charge is 2.19. The fourth-order valence-electron chi connectivity index (χ4n) is 1.67. The summed E-state index contributed by atoms with van der Waals surface area (Å²) in [5.41, 5.74) is 0. The van der Waals surface area contributed by atoms with Crippen LogP contribution in [0.25, 0.3) is 0 Å². The Bertz CT molecular complexity index is 718. The van der Waals surface area contributed by atoms with Crippen molar-refractivity contribution < 1.29 is 8.42 Å². The molecule has 0 amide bonds. The number of aryl methyl sites for hydroxylation is 1. The lowest BCUT2D eigenvalue weighted by molar-refractivity contribution is 0.553. The fourth-order valence-corrected chi connectivity index (χ4v) is 3.74. The second kappa shape index (κ2) is 6.98. The molecule has 114 valence electrons. The van der Waals surface area contributed by atoms with E-state index in [2.05, 4.69) is 9.82 Å². The lowest BCUT2D eigenvalue weighted by atomic mass is 10.4. The predicted octanol–water partition coefficient (Wildman–Crippen LogP) is 3.21. The highest BCUT2D eigenvalue weighted by atomic mass is 35.5. The maximum absolute atomic E-state index is 12.2. The second-order valence-corrected chi connectivity index (χ2v) is 7.17. The van der Waals surface area contributed by atoms with Crippen molar-refractivity contribution in [3.05, 3.63) is 45.7 Å². The average Bonchev–Trinajstić information content (AvgIpc) is 2.92. The van der Waals surface area contributed by atoms with E-state index < -0.39 is 10.0 Å². The molecule has 0 bridgehead atoms. The molecule has 0 fully saturated rings. The summed E-state index contributed by atoms with van der Waals surface area (Å²) in [7, 11) is -3.73. The van der Waals surface area contributed by atoms with E-state index in [0.717, 1.165) is 0 Å². The van der Waals surface area contributed by atoms with E-state index in [1.54, 1.807) is 16.9 Å². The van der Waals surface area contributed by atoms with Crippen molar-refractivity contribution >= 4 is 44.8 Å². The van der Waals surface area contributed by atoms with Gasteiger partial charge < -0.3 is 0 Å².